The Morgan fingerprint density at radius 1 is 0.857 bits per heavy atom. The number of aromatic nitrogens is 2. The van der Waals surface area contributed by atoms with Crippen LogP contribution in [0.2, 0.25) is 0 Å². The second-order valence-electron chi connectivity index (χ2n) is 4.90. The van der Waals surface area contributed by atoms with E-state index in [1.165, 1.54) is 5.56 Å². The molecular formula is C17H17N3O. The summed E-state index contributed by atoms with van der Waals surface area (Å²) in [5, 5.41) is 4.04. The molecule has 0 unspecified atom stereocenters. The zero-order valence-corrected chi connectivity index (χ0v) is 11.7. The minimum absolute atomic E-state index is 0.534. The molecule has 2 aromatic carbocycles. The molecule has 2 N–H and O–H groups in total. The fourth-order valence-electron chi connectivity index (χ4n) is 2.16. The highest BCUT2D eigenvalue weighted by atomic mass is 16.5. The van der Waals surface area contributed by atoms with Gasteiger partial charge in [0.15, 0.2) is 5.82 Å². The Labute approximate surface area is 123 Å². The Morgan fingerprint density at radius 3 is 2.33 bits per heavy atom. The first kappa shape index (κ1) is 13.5. The van der Waals surface area contributed by atoms with E-state index in [0.29, 0.717) is 12.4 Å². The molecule has 0 aliphatic heterocycles. The summed E-state index contributed by atoms with van der Waals surface area (Å²) in [7, 11) is 0. The summed E-state index contributed by atoms with van der Waals surface area (Å²) in [4.78, 5) is 4.44. The van der Waals surface area contributed by atoms with Gasteiger partial charge < -0.3 is 10.3 Å². The van der Waals surface area contributed by atoms with Gasteiger partial charge in [0.1, 0.15) is 0 Å². The highest BCUT2D eigenvalue weighted by Crippen LogP contribution is 2.18. The van der Waals surface area contributed by atoms with Gasteiger partial charge in [-0.05, 0) is 29.7 Å². The van der Waals surface area contributed by atoms with E-state index >= 15 is 0 Å². The second kappa shape index (κ2) is 6.33. The van der Waals surface area contributed by atoms with Crippen LogP contribution in [0.5, 0.6) is 0 Å². The molecule has 21 heavy (non-hydrogen) atoms. The van der Waals surface area contributed by atoms with Crippen LogP contribution in [0, 0.1) is 0 Å². The summed E-state index contributed by atoms with van der Waals surface area (Å²) >= 11 is 0. The SMILES string of the molecule is NCc1ccc(-c2nc(CCc3ccccc3)no2)cc1. The van der Waals surface area contributed by atoms with Crippen LogP contribution in [0.1, 0.15) is 17.0 Å². The van der Waals surface area contributed by atoms with Gasteiger partial charge in [0.2, 0.25) is 0 Å². The van der Waals surface area contributed by atoms with Crippen LogP contribution in [0.15, 0.2) is 59.1 Å². The average molecular weight is 279 g/mol. The van der Waals surface area contributed by atoms with Crippen molar-refractivity contribution in [3.8, 4) is 11.5 Å². The lowest BCUT2D eigenvalue weighted by Crippen LogP contribution is -1.95. The van der Waals surface area contributed by atoms with Crippen molar-refractivity contribution in [1.29, 1.82) is 0 Å². The van der Waals surface area contributed by atoms with Gasteiger partial charge in [0, 0.05) is 18.5 Å². The van der Waals surface area contributed by atoms with Gasteiger partial charge >= 0.3 is 0 Å². The fraction of sp³-hybridized carbons (Fsp3) is 0.176. The third-order valence-electron chi connectivity index (χ3n) is 3.38. The molecule has 4 nitrogen and oxygen atoms in total. The van der Waals surface area contributed by atoms with Crippen LogP contribution in [0.3, 0.4) is 0 Å². The Hall–Kier alpha value is -2.46. The lowest BCUT2D eigenvalue weighted by molar-refractivity contribution is 0.422. The molecule has 1 heterocycles. The van der Waals surface area contributed by atoms with E-state index in [1.807, 2.05) is 42.5 Å². The van der Waals surface area contributed by atoms with Gasteiger partial charge in [-0.1, -0.05) is 47.6 Å². The van der Waals surface area contributed by atoms with Crippen molar-refractivity contribution in [3.05, 3.63) is 71.5 Å². The van der Waals surface area contributed by atoms with Gasteiger partial charge in [0.25, 0.3) is 5.89 Å². The molecule has 0 radical (unpaired) electrons. The molecule has 1 aromatic heterocycles. The maximum absolute atomic E-state index is 5.59. The lowest BCUT2D eigenvalue weighted by Gasteiger charge is -1.97. The zero-order valence-electron chi connectivity index (χ0n) is 11.7. The van der Waals surface area contributed by atoms with E-state index in [4.69, 9.17) is 10.3 Å². The van der Waals surface area contributed by atoms with E-state index in [-0.39, 0.29) is 0 Å². The predicted octanol–water partition coefficient (Wildman–Crippen LogP) is 2.98. The third kappa shape index (κ3) is 3.35. The standard InChI is InChI=1S/C17H17N3O/c18-12-14-6-9-15(10-7-14)17-19-16(20-21-17)11-8-13-4-2-1-3-5-13/h1-7,9-10H,8,11-12,18H2. The third-order valence-corrected chi connectivity index (χ3v) is 3.38. The zero-order chi connectivity index (χ0) is 14.5. The predicted molar refractivity (Wildman–Crippen MR) is 81.5 cm³/mol. The van der Waals surface area contributed by atoms with Crippen molar-refractivity contribution < 1.29 is 4.52 Å². The molecule has 0 saturated heterocycles. The average Bonchev–Trinajstić information content (AvgIpc) is 3.03. The highest BCUT2D eigenvalue weighted by molar-refractivity contribution is 5.53. The molecular weight excluding hydrogens is 262 g/mol. The maximum Gasteiger partial charge on any atom is 0.257 e. The van der Waals surface area contributed by atoms with Crippen molar-refractivity contribution in [2.45, 2.75) is 19.4 Å². The van der Waals surface area contributed by atoms with Gasteiger partial charge in [-0.15, -0.1) is 0 Å². The van der Waals surface area contributed by atoms with Crippen LogP contribution in [0.25, 0.3) is 11.5 Å². The molecule has 0 aliphatic rings. The summed E-state index contributed by atoms with van der Waals surface area (Å²) in [6.07, 6.45) is 1.68. The number of nitrogens with two attached hydrogens (primary N) is 1. The van der Waals surface area contributed by atoms with E-state index in [9.17, 15) is 0 Å². The summed E-state index contributed by atoms with van der Waals surface area (Å²) in [5.41, 5.74) is 8.87. The van der Waals surface area contributed by atoms with Crippen molar-refractivity contribution in [2.24, 2.45) is 5.73 Å². The Bertz CT molecular complexity index is 690. The molecule has 3 rings (SSSR count). The number of hydrogen-bond acceptors (Lipinski definition) is 4. The number of rotatable bonds is 5. The van der Waals surface area contributed by atoms with E-state index < -0.39 is 0 Å². The fourth-order valence-corrected chi connectivity index (χ4v) is 2.16. The summed E-state index contributed by atoms with van der Waals surface area (Å²) in [6.45, 7) is 0.534. The normalized spacial score (nSPS) is 10.7. The van der Waals surface area contributed by atoms with Crippen LogP contribution in [-0.4, -0.2) is 10.1 Å². The molecule has 0 aliphatic carbocycles. The minimum Gasteiger partial charge on any atom is -0.334 e. The second-order valence-corrected chi connectivity index (χ2v) is 4.90. The number of hydrogen-bond donors (Lipinski definition) is 1. The van der Waals surface area contributed by atoms with E-state index in [0.717, 1.165) is 29.8 Å². The van der Waals surface area contributed by atoms with Gasteiger partial charge in [-0.25, -0.2) is 0 Å². The quantitative estimate of drug-likeness (QED) is 0.779. The minimum atomic E-state index is 0.534. The van der Waals surface area contributed by atoms with Crippen LogP contribution in [0.4, 0.5) is 0 Å². The Balaban J connectivity index is 1.68. The molecule has 3 aromatic rings. The molecule has 106 valence electrons. The first-order valence-electron chi connectivity index (χ1n) is 7.01. The largest absolute Gasteiger partial charge is 0.334 e. The molecule has 0 saturated carbocycles. The highest BCUT2D eigenvalue weighted by Gasteiger charge is 2.08. The van der Waals surface area contributed by atoms with Crippen molar-refractivity contribution in [1.82, 2.24) is 10.1 Å². The monoisotopic (exact) mass is 279 g/mol. The number of benzene rings is 2. The number of aryl methyl sites for hydroxylation is 2. The topological polar surface area (TPSA) is 64.9 Å². The summed E-state index contributed by atoms with van der Waals surface area (Å²) < 4.78 is 5.32. The van der Waals surface area contributed by atoms with Gasteiger partial charge in [0.05, 0.1) is 0 Å². The smallest absolute Gasteiger partial charge is 0.257 e. The van der Waals surface area contributed by atoms with Crippen molar-refractivity contribution in [2.75, 3.05) is 0 Å². The van der Waals surface area contributed by atoms with Crippen LogP contribution >= 0.6 is 0 Å². The summed E-state index contributed by atoms with van der Waals surface area (Å²) in [6, 6.07) is 18.2. The molecule has 0 atom stereocenters. The van der Waals surface area contributed by atoms with Crippen molar-refractivity contribution in [3.63, 3.8) is 0 Å². The molecule has 4 heteroatoms. The Morgan fingerprint density at radius 2 is 1.62 bits per heavy atom. The van der Waals surface area contributed by atoms with Crippen molar-refractivity contribution >= 4 is 0 Å². The lowest BCUT2D eigenvalue weighted by atomic mass is 10.1. The van der Waals surface area contributed by atoms with E-state index in [1.54, 1.807) is 0 Å². The first-order valence-corrected chi connectivity index (χ1v) is 7.01. The van der Waals surface area contributed by atoms with Gasteiger partial charge in [-0.3, -0.25) is 0 Å². The van der Waals surface area contributed by atoms with Crippen LogP contribution in [-0.2, 0) is 19.4 Å². The van der Waals surface area contributed by atoms with Crippen LogP contribution < -0.4 is 5.73 Å². The first-order chi connectivity index (χ1) is 10.3. The molecule has 0 fully saturated rings. The molecule has 0 spiro atoms. The Kier molecular flexibility index (Phi) is 4.07. The van der Waals surface area contributed by atoms with Gasteiger partial charge in [-0.2, -0.15) is 4.98 Å². The molecule has 0 amide bonds. The molecule has 0 bridgehead atoms. The number of nitrogens with zero attached hydrogens (tertiary/aromatic N) is 2. The maximum atomic E-state index is 5.59. The summed E-state index contributed by atoms with van der Waals surface area (Å²) in [5.74, 6) is 1.29. The van der Waals surface area contributed by atoms with E-state index in [2.05, 4.69) is 22.3 Å².